The molecule has 2 rings (SSSR count). The van der Waals surface area contributed by atoms with E-state index in [1.807, 2.05) is 0 Å². The first-order chi connectivity index (χ1) is 9.95. The number of hydrogen-bond donors (Lipinski definition) is 0. The van der Waals surface area contributed by atoms with Gasteiger partial charge in [-0.1, -0.05) is 36.4 Å². The zero-order chi connectivity index (χ0) is 13.9. The Kier molecular flexibility index (Phi) is 7.91. The fraction of sp³-hybridized carbons (Fsp3) is 0.333. The molecule has 2 heteroatoms. The van der Waals surface area contributed by atoms with Crippen LogP contribution in [-0.2, 0) is 0 Å². The first kappa shape index (κ1) is 15.7. The topological polar surface area (TPSA) is 0 Å². The predicted octanol–water partition coefficient (Wildman–Crippen LogP) is 4.02. The summed E-state index contributed by atoms with van der Waals surface area (Å²) in [4.78, 5) is 0. The summed E-state index contributed by atoms with van der Waals surface area (Å²) in [5.41, 5.74) is 0. The molecule has 0 bridgehead atoms. The highest BCUT2D eigenvalue weighted by atomic mass is 31.1. The smallest absolute Gasteiger partial charge is 0.0620 e. The third-order valence-electron chi connectivity index (χ3n) is 3.52. The highest BCUT2D eigenvalue weighted by molar-refractivity contribution is 7.47. The summed E-state index contributed by atoms with van der Waals surface area (Å²) in [6, 6.07) is 22.0. The van der Waals surface area contributed by atoms with Gasteiger partial charge in [0, 0.05) is 17.2 Å². The Morgan fingerprint density at radius 2 is 0.900 bits per heavy atom. The Morgan fingerprint density at radius 1 is 0.500 bits per heavy atom. The Bertz CT molecular complexity index is 408. The van der Waals surface area contributed by atoms with Crippen molar-refractivity contribution in [1.82, 2.24) is 0 Å². The van der Waals surface area contributed by atoms with Gasteiger partial charge in [-0.15, -0.1) is 0 Å². The van der Waals surface area contributed by atoms with Crippen molar-refractivity contribution in [2.24, 2.45) is 0 Å². The lowest BCUT2D eigenvalue weighted by atomic mass is 10.2. The Balaban J connectivity index is 1.44. The van der Waals surface area contributed by atoms with Gasteiger partial charge in [-0.3, -0.25) is 0 Å². The van der Waals surface area contributed by atoms with Crippen molar-refractivity contribution in [2.45, 2.75) is 25.7 Å². The molecule has 2 atom stereocenters. The highest BCUT2D eigenvalue weighted by Crippen LogP contribution is 2.16. The summed E-state index contributed by atoms with van der Waals surface area (Å²) in [7, 11) is 1.01. The lowest BCUT2D eigenvalue weighted by Gasteiger charge is -1.98. The minimum absolute atomic E-state index is 0.506. The van der Waals surface area contributed by atoms with E-state index in [1.165, 1.54) is 38.0 Å². The molecule has 0 aromatic heterocycles. The fourth-order valence-corrected chi connectivity index (χ4v) is 5.00. The predicted molar refractivity (Wildman–Crippen MR) is 99.8 cm³/mol. The van der Waals surface area contributed by atoms with Crippen molar-refractivity contribution in [3.8, 4) is 0 Å². The van der Waals surface area contributed by atoms with Crippen molar-refractivity contribution in [1.29, 1.82) is 0 Å². The molecule has 0 saturated carbocycles. The van der Waals surface area contributed by atoms with E-state index in [4.69, 9.17) is 0 Å². The van der Waals surface area contributed by atoms with Crippen LogP contribution in [0.3, 0.4) is 0 Å². The lowest BCUT2D eigenvalue weighted by Crippen LogP contribution is -1.94. The molecule has 20 heavy (non-hydrogen) atoms. The van der Waals surface area contributed by atoms with Gasteiger partial charge >= 0.3 is 0 Å². The largest absolute Gasteiger partial charge is 0.0889 e. The van der Waals surface area contributed by atoms with Crippen molar-refractivity contribution >= 4 is 27.8 Å². The molecular formula is C18H26P2+2. The maximum atomic E-state index is 2.28. The summed E-state index contributed by atoms with van der Waals surface area (Å²) >= 11 is 0. The van der Waals surface area contributed by atoms with E-state index >= 15 is 0 Å². The molecule has 0 radical (unpaired) electrons. The molecule has 0 heterocycles. The van der Waals surface area contributed by atoms with Gasteiger partial charge < -0.3 is 0 Å². The molecule has 0 spiro atoms. The van der Waals surface area contributed by atoms with Gasteiger partial charge in [0.05, 0.1) is 22.9 Å². The zero-order valence-electron chi connectivity index (χ0n) is 12.2. The monoisotopic (exact) mass is 304 g/mol. The van der Waals surface area contributed by atoms with Gasteiger partial charge in [-0.05, 0) is 49.9 Å². The van der Waals surface area contributed by atoms with Crippen LogP contribution in [-0.4, -0.2) is 12.3 Å². The van der Waals surface area contributed by atoms with E-state index in [9.17, 15) is 0 Å². The Labute approximate surface area is 127 Å². The first-order valence-corrected chi connectivity index (χ1v) is 10.5. The molecule has 0 amide bonds. The normalized spacial score (nSPS) is 11.8. The van der Waals surface area contributed by atoms with E-state index in [2.05, 4.69) is 60.7 Å². The number of benzene rings is 2. The average molecular weight is 304 g/mol. The molecule has 0 N–H and O–H groups in total. The highest BCUT2D eigenvalue weighted by Gasteiger charge is 2.01. The van der Waals surface area contributed by atoms with Gasteiger partial charge in [-0.25, -0.2) is 0 Å². The lowest BCUT2D eigenvalue weighted by molar-refractivity contribution is 0.710. The second kappa shape index (κ2) is 10.1. The molecule has 106 valence electrons. The number of hydrogen-bond acceptors (Lipinski definition) is 0. The average Bonchev–Trinajstić information content (AvgIpc) is 2.52. The molecule has 0 aliphatic heterocycles. The molecule has 0 fully saturated rings. The van der Waals surface area contributed by atoms with Crippen molar-refractivity contribution in [3.05, 3.63) is 60.7 Å². The van der Waals surface area contributed by atoms with Crippen LogP contribution in [0.25, 0.3) is 0 Å². The molecule has 0 nitrogen and oxygen atoms in total. The van der Waals surface area contributed by atoms with Crippen LogP contribution in [0.15, 0.2) is 60.7 Å². The Morgan fingerprint density at radius 3 is 1.30 bits per heavy atom. The van der Waals surface area contributed by atoms with Crippen LogP contribution in [0.5, 0.6) is 0 Å². The SMILES string of the molecule is c1ccc([PH2+]CCCCCC[PH2+]c2ccccc2)cc1. The Hall–Kier alpha value is -0.700. The number of unbranched alkanes of at least 4 members (excludes halogenated alkanes) is 3. The van der Waals surface area contributed by atoms with Crippen LogP contribution in [0.2, 0.25) is 0 Å². The summed E-state index contributed by atoms with van der Waals surface area (Å²) in [5.74, 6) is 0. The maximum Gasteiger partial charge on any atom is 0.0889 e. The van der Waals surface area contributed by atoms with E-state index < -0.39 is 0 Å². The number of rotatable bonds is 9. The summed E-state index contributed by atoms with van der Waals surface area (Å²) in [6.07, 6.45) is 8.54. The second-order valence-corrected chi connectivity index (χ2v) is 8.53. The third-order valence-corrected chi connectivity index (χ3v) is 6.62. The maximum absolute atomic E-state index is 2.28. The molecule has 0 saturated heterocycles. The quantitative estimate of drug-likeness (QED) is 0.485. The molecule has 2 unspecified atom stereocenters. The van der Waals surface area contributed by atoms with Crippen LogP contribution in [0.4, 0.5) is 0 Å². The van der Waals surface area contributed by atoms with Gasteiger partial charge in [0.2, 0.25) is 0 Å². The third kappa shape index (κ3) is 6.65. The van der Waals surface area contributed by atoms with Gasteiger partial charge in [-0.2, -0.15) is 0 Å². The fourth-order valence-electron chi connectivity index (χ4n) is 2.36. The van der Waals surface area contributed by atoms with Crippen LogP contribution in [0.1, 0.15) is 25.7 Å². The minimum Gasteiger partial charge on any atom is -0.0620 e. The van der Waals surface area contributed by atoms with Gasteiger partial charge in [0.1, 0.15) is 0 Å². The standard InChI is InChI=1S/C18H24P2/c1(9-15-19-17-11-5-3-6-12-17)2-10-16-20-18-13-7-4-8-14-18/h3-8,11-14,19-20H,1-2,9-10,15-16H2/p+2. The summed E-state index contributed by atoms with van der Waals surface area (Å²) in [5, 5.41) is 3.14. The molecule has 2 aromatic rings. The molecule has 2 aromatic carbocycles. The van der Waals surface area contributed by atoms with Crippen molar-refractivity contribution in [3.63, 3.8) is 0 Å². The van der Waals surface area contributed by atoms with E-state index in [0.717, 1.165) is 0 Å². The van der Waals surface area contributed by atoms with Gasteiger partial charge in [0.15, 0.2) is 0 Å². The van der Waals surface area contributed by atoms with E-state index in [-0.39, 0.29) is 0 Å². The van der Waals surface area contributed by atoms with Crippen molar-refractivity contribution < 1.29 is 0 Å². The van der Waals surface area contributed by atoms with Gasteiger partial charge in [0.25, 0.3) is 0 Å². The molecular weight excluding hydrogens is 278 g/mol. The van der Waals surface area contributed by atoms with Crippen molar-refractivity contribution in [2.75, 3.05) is 12.3 Å². The van der Waals surface area contributed by atoms with Crippen LogP contribution in [0, 0.1) is 0 Å². The summed E-state index contributed by atoms with van der Waals surface area (Å²) < 4.78 is 0. The second-order valence-electron chi connectivity index (χ2n) is 5.22. The zero-order valence-corrected chi connectivity index (χ0v) is 14.5. The van der Waals surface area contributed by atoms with Crippen LogP contribution < -0.4 is 10.6 Å². The van der Waals surface area contributed by atoms with Crippen LogP contribution >= 0.6 is 17.2 Å². The molecule has 0 aliphatic carbocycles. The minimum atomic E-state index is 0.506. The first-order valence-electron chi connectivity index (χ1n) is 7.72. The molecule has 0 aliphatic rings. The van der Waals surface area contributed by atoms with E-state index in [0.29, 0.717) is 17.2 Å². The van der Waals surface area contributed by atoms with E-state index in [1.54, 1.807) is 10.6 Å². The summed E-state index contributed by atoms with van der Waals surface area (Å²) in [6.45, 7) is 0.